The molecule has 0 radical (unpaired) electrons. The quantitative estimate of drug-likeness (QED) is 0.345. The predicted octanol–water partition coefficient (Wildman–Crippen LogP) is 2.87. The average Bonchev–Trinajstić information content (AvgIpc) is 2.81. The molecule has 0 aromatic heterocycles. The van der Waals surface area contributed by atoms with Gasteiger partial charge < -0.3 is 14.4 Å². The van der Waals surface area contributed by atoms with Gasteiger partial charge in [-0.1, -0.05) is 0 Å². The van der Waals surface area contributed by atoms with Gasteiger partial charge >= 0.3 is 6.09 Å². The number of carbonyl (C=O) groups excluding carboxylic acids is 2. The van der Waals surface area contributed by atoms with Gasteiger partial charge in [0.15, 0.2) is 17.4 Å². The number of carbonyl (C=O) groups is 2. The molecule has 0 spiro atoms. The van der Waals surface area contributed by atoms with Crippen LogP contribution in [-0.4, -0.2) is 67.6 Å². The van der Waals surface area contributed by atoms with Crippen LogP contribution < -0.4 is 10.2 Å². The largest absolute Gasteiger partial charge is 0.451 e. The summed E-state index contributed by atoms with van der Waals surface area (Å²) < 4.78 is 79.0. The van der Waals surface area contributed by atoms with Crippen LogP contribution in [0, 0.1) is 17.5 Å². The van der Waals surface area contributed by atoms with E-state index in [9.17, 15) is 31.2 Å². The minimum absolute atomic E-state index is 0.0785. The lowest BCUT2D eigenvalue weighted by atomic mass is 10.3. The lowest BCUT2D eigenvalue weighted by Gasteiger charge is -2.26. The summed E-state index contributed by atoms with van der Waals surface area (Å²) in [6.45, 7) is 1.84. The molecule has 14 heteroatoms. The van der Waals surface area contributed by atoms with Gasteiger partial charge in [-0.2, -0.15) is 4.31 Å². The van der Waals surface area contributed by atoms with E-state index in [4.69, 9.17) is 14.7 Å². The second-order valence-corrected chi connectivity index (χ2v) is 8.86. The van der Waals surface area contributed by atoms with Crippen molar-refractivity contribution in [2.45, 2.75) is 18.7 Å². The van der Waals surface area contributed by atoms with E-state index in [2.05, 4.69) is 0 Å². The van der Waals surface area contributed by atoms with Gasteiger partial charge in [-0.3, -0.25) is 10.0 Å². The van der Waals surface area contributed by atoms with Crippen molar-refractivity contribution in [1.29, 1.82) is 0 Å². The first-order chi connectivity index (χ1) is 16.5. The molecule has 2 rings (SSSR count). The molecule has 0 atom stereocenters. The molecule has 2 aromatic rings. The summed E-state index contributed by atoms with van der Waals surface area (Å²) in [5, 5.41) is 8.82. The van der Waals surface area contributed by atoms with E-state index in [1.54, 1.807) is 13.8 Å². The molecule has 0 aliphatic heterocycles. The van der Waals surface area contributed by atoms with Gasteiger partial charge in [-0.25, -0.2) is 31.9 Å². The maximum Gasteiger partial charge on any atom is 0.409 e. The predicted molar refractivity (Wildman–Crippen MR) is 116 cm³/mol. The molecule has 0 fully saturated rings. The van der Waals surface area contributed by atoms with Gasteiger partial charge in [0, 0.05) is 19.6 Å². The van der Waals surface area contributed by atoms with Crippen LogP contribution in [0.2, 0.25) is 0 Å². The third-order valence-electron chi connectivity index (χ3n) is 4.61. The summed E-state index contributed by atoms with van der Waals surface area (Å²) in [6.07, 6.45) is -0.724. The number of hydroxylamine groups is 1. The molecule has 0 unspecified atom stereocenters. The molecule has 0 saturated carbocycles. The lowest BCUT2D eigenvalue weighted by Crippen LogP contribution is -2.45. The van der Waals surface area contributed by atoms with Gasteiger partial charge in [0.05, 0.1) is 18.0 Å². The highest BCUT2D eigenvalue weighted by atomic mass is 32.2. The monoisotopic (exact) mass is 519 g/mol. The number of halogens is 3. The third kappa shape index (κ3) is 7.31. The van der Waals surface area contributed by atoms with Gasteiger partial charge in [0.2, 0.25) is 10.0 Å². The van der Waals surface area contributed by atoms with Crippen molar-refractivity contribution >= 4 is 22.0 Å². The molecule has 2 amide bonds. The van der Waals surface area contributed by atoms with Crippen molar-refractivity contribution in [3.63, 3.8) is 0 Å². The van der Waals surface area contributed by atoms with Crippen LogP contribution in [0.3, 0.4) is 0 Å². The number of hydrogen-bond acceptors (Lipinski definition) is 7. The molecule has 0 aliphatic carbocycles. The Hall–Kier alpha value is -3.36. The van der Waals surface area contributed by atoms with Crippen molar-refractivity contribution in [1.82, 2.24) is 14.7 Å². The standard InChI is InChI=1S/C21H24F3N3O7S/c1-3-26(21(29)33-4-2)9-10-27(13-19(28)25-30)35(31,32)16-11-17(23)20(18(24)12-16)34-15-7-5-14(22)6-8-15/h5-8,11-12,30H,3-4,9-10,13H2,1-2H3,(H,25,28). The molecule has 2 N–H and O–H groups in total. The van der Waals surface area contributed by atoms with Crippen LogP contribution in [0.15, 0.2) is 41.3 Å². The smallest absolute Gasteiger partial charge is 0.409 e. The van der Waals surface area contributed by atoms with E-state index in [1.807, 2.05) is 0 Å². The minimum atomic E-state index is -4.69. The van der Waals surface area contributed by atoms with Crippen LogP contribution in [0.4, 0.5) is 18.0 Å². The van der Waals surface area contributed by atoms with Crippen molar-refractivity contribution in [2.24, 2.45) is 0 Å². The number of sulfonamides is 1. The van der Waals surface area contributed by atoms with Crippen molar-refractivity contribution in [2.75, 3.05) is 32.8 Å². The highest BCUT2D eigenvalue weighted by Gasteiger charge is 2.30. The van der Waals surface area contributed by atoms with Crippen LogP contribution >= 0.6 is 0 Å². The van der Waals surface area contributed by atoms with Gasteiger partial charge in [-0.15, -0.1) is 0 Å². The molecular formula is C21H24F3N3O7S. The fourth-order valence-corrected chi connectivity index (χ4v) is 4.27. The Bertz CT molecular complexity index is 1120. The number of nitrogens with zero attached hydrogens (tertiary/aromatic N) is 2. The Morgan fingerprint density at radius 1 is 1.03 bits per heavy atom. The maximum absolute atomic E-state index is 14.6. The van der Waals surface area contributed by atoms with E-state index in [-0.39, 0.29) is 25.4 Å². The highest BCUT2D eigenvalue weighted by Crippen LogP contribution is 2.31. The fourth-order valence-electron chi connectivity index (χ4n) is 2.86. The highest BCUT2D eigenvalue weighted by molar-refractivity contribution is 7.89. The summed E-state index contributed by atoms with van der Waals surface area (Å²) in [6, 6.07) is 5.23. The second kappa shape index (κ2) is 12.4. The van der Waals surface area contributed by atoms with Crippen molar-refractivity contribution < 1.29 is 45.9 Å². The zero-order chi connectivity index (χ0) is 26.2. The van der Waals surface area contributed by atoms with E-state index in [1.165, 1.54) is 5.48 Å². The first-order valence-corrected chi connectivity index (χ1v) is 11.7. The Morgan fingerprint density at radius 3 is 2.14 bits per heavy atom. The van der Waals surface area contributed by atoms with Crippen molar-refractivity contribution in [3.05, 3.63) is 53.8 Å². The molecule has 192 valence electrons. The minimum Gasteiger partial charge on any atom is -0.451 e. The zero-order valence-electron chi connectivity index (χ0n) is 18.8. The molecule has 0 bridgehead atoms. The van der Waals surface area contributed by atoms with Gasteiger partial charge in [-0.05, 0) is 50.2 Å². The molecule has 10 nitrogen and oxygen atoms in total. The number of likely N-dealkylation sites (N-methyl/N-ethyl adjacent to an activating group) is 1. The van der Waals surface area contributed by atoms with Crippen LogP contribution in [0.1, 0.15) is 13.8 Å². The molecule has 2 aromatic carbocycles. The molecule has 35 heavy (non-hydrogen) atoms. The Balaban J connectivity index is 2.34. The topological polar surface area (TPSA) is 125 Å². The summed E-state index contributed by atoms with van der Waals surface area (Å²) in [5.74, 6) is -5.49. The SMILES string of the molecule is CCOC(=O)N(CC)CCN(CC(=O)NO)S(=O)(=O)c1cc(F)c(Oc2ccc(F)cc2)c(F)c1. The fraction of sp³-hybridized carbons (Fsp3) is 0.333. The van der Waals surface area contributed by atoms with E-state index in [0.717, 1.165) is 29.2 Å². The Kier molecular flexibility index (Phi) is 9.86. The van der Waals surface area contributed by atoms with Gasteiger partial charge in [0.25, 0.3) is 5.91 Å². The Labute approximate surface area is 199 Å². The van der Waals surface area contributed by atoms with Crippen LogP contribution in [0.5, 0.6) is 11.5 Å². The zero-order valence-corrected chi connectivity index (χ0v) is 19.6. The van der Waals surface area contributed by atoms with Crippen LogP contribution in [0.25, 0.3) is 0 Å². The van der Waals surface area contributed by atoms with Crippen LogP contribution in [-0.2, 0) is 19.6 Å². The normalized spacial score (nSPS) is 11.3. The number of nitrogens with one attached hydrogen (secondary N) is 1. The van der Waals surface area contributed by atoms with Gasteiger partial charge in [0.1, 0.15) is 11.6 Å². The van der Waals surface area contributed by atoms with E-state index in [0.29, 0.717) is 16.4 Å². The van der Waals surface area contributed by atoms with E-state index < -0.39 is 63.2 Å². The van der Waals surface area contributed by atoms with Crippen molar-refractivity contribution in [3.8, 4) is 11.5 Å². The number of rotatable bonds is 11. The first kappa shape index (κ1) is 27.9. The summed E-state index contributed by atoms with van der Waals surface area (Å²) >= 11 is 0. The number of ether oxygens (including phenoxy) is 2. The summed E-state index contributed by atoms with van der Waals surface area (Å²) in [5.41, 5.74) is 1.28. The summed E-state index contributed by atoms with van der Waals surface area (Å²) in [4.78, 5) is 24.0. The molecule has 0 heterocycles. The molecular weight excluding hydrogens is 495 g/mol. The third-order valence-corrected chi connectivity index (χ3v) is 6.44. The van der Waals surface area contributed by atoms with E-state index >= 15 is 0 Å². The molecule has 0 aliphatic rings. The number of hydrogen-bond donors (Lipinski definition) is 2. The maximum atomic E-state index is 14.6. The average molecular weight is 519 g/mol. The number of amides is 2. The summed E-state index contributed by atoms with van der Waals surface area (Å²) in [7, 11) is -4.69. The first-order valence-electron chi connectivity index (χ1n) is 10.3. The lowest BCUT2D eigenvalue weighted by molar-refractivity contribution is -0.129. The Morgan fingerprint density at radius 2 is 1.63 bits per heavy atom. The molecule has 0 saturated heterocycles. The number of benzene rings is 2. The second-order valence-electron chi connectivity index (χ2n) is 6.92.